The Bertz CT molecular complexity index is 640. The van der Waals surface area contributed by atoms with Gasteiger partial charge in [-0.1, -0.05) is 0 Å². The van der Waals surface area contributed by atoms with Crippen molar-refractivity contribution in [2.75, 3.05) is 5.73 Å². The molecule has 4 N–H and O–H groups in total. The molecule has 0 unspecified atom stereocenters. The Labute approximate surface area is 103 Å². The van der Waals surface area contributed by atoms with Crippen LogP contribution in [0.25, 0.3) is 0 Å². The van der Waals surface area contributed by atoms with Crippen LogP contribution >= 0.6 is 0 Å². The highest BCUT2D eigenvalue weighted by Crippen LogP contribution is 2.16. The summed E-state index contributed by atoms with van der Waals surface area (Å²) in [6.07, 6.45) is 1.51. The third-order valence-corrected chi connectivity index (χ3v) is 3.69. The van der Waals surface area contributed by atoms with E-state index in [-0.39, 0.29) is 17.1 Å². The maximum absolute atomic E-state index is 12.9. The summed E-state index contributed by atoms with van der Waals surface area (Å²) in [5.41, 5.74) is 5.73. The van der Waals surface area contributed by atoms with E-state index in [0.717, 1.165) is 18.2 Å². The molecule has 6 nitrogen and oxygen atoms in total. The largest absolute Gasteiger partial charge is 0.396 e. The lowest BCUT2D eigenvalue weighted by Gasteiger charge is -2.06. The Morgan fingerprint density at radius 3 is 2.78 bits per heavy atom. The number of anilines is 1. The average Bonchev–Trinajstić information content (AvgIpc) is 2.83. The maximum Gasteiger partial charge on any atom is 0.240 e. The molecule has 1 aromatic heterocycles. The van der Waals surface area contributed by atoms with Gasteiger partial charge in [0.25, 0.3) is 0 Å². The Hall–Kier alpha value is -1.93. The molecule has 0 saturated heterocycles. The van der Waals surface area contributed by atoms with Crippen LogP contribution in [-0.4, -0.2) is 18.6 Å². The molecule has 0 bridgehead atoms. The first-order valence-electron chi connectivity index (χ1n) is 5.02. The lowest BCUT2D eigenvalue weighted by atomic mass is 10.3. The van der Waals surface area contributed by atoms with Gasteiger partial charge in [0.1, 0.15) is 5.82 Å². The van der Waals surface area contributed by atoms with Gasteiger partial charge in [0.05, 0.1) is 22.8 Å². The van der Waals surface area contributed by atoms with Crippen LogP contribution in [-0.2, 0) is 16.6 Å². The van der Waals surface area contributed by atoms with Gasteiger partial charge in [0, 0.05) is 6.20 Å². The molecule has 8 heteroatoms. The average molecular weight is 270 g/mol. The fourth-order valence-corrected chi connectivity index (χ4v) is 2.37. The van der Waals surface area contributed by atoms with E-state index >= 15 is 0 Å². The van der Waals surface area contributed by atoms with Crippen molar-refractivity contribution in [3.8, 4) is 0 Å². The number of aromatic nitrogens is 2. The highest BCUT2D eigenvalue weighted by molar-refractivity contribution is 7.89. The Morgan fingerprint density at radius 1 is 1.39 bits per heavy atom. The van der Waals surface area contributed by atoms with Crippen molar-refractivity contribution in [1.82, 2.24) is 14.9 Å². The van der Waals surface area contributed by atoms with Crippen LogP contribution in [0.1, 0.15) is 5.69 Å². The molecule has 2 rings (SSSR count). The highest BCUT2D eigenvalue weighted by Gasteiger charge is 2.15. The third-order valence-electron chi connectivity index (χ3n) is 2.29. The van der Waals surface area contributed by atoms with E-state index in [0.29, 0.717) is 5.69 Å². The summed E-state index contributed by atoms with van der Waals surface area (Å²) in [5.74, 6) is -0.650. The lowest BCUT2D eigenvalue weighted by Crippen LogP contribution is -2.23. The van der Waals surface area contributed by atoms with Gasteiger partial charge >= 0.3 is 0 Å². The minimum atomic E-state index is -3.72. The molecule has 0 amide bonds. The molecular weight excluding hydrogens is 259 g/mol. The van der Waals surface area contributed by atoms with Crippen molar-refractivity contribution in [3.05, 3.63) is 42.0 Å². The predicted octanol–water partition coefficient (Wildman–Crippen LogP) is 0.609. The molecule has 0 aliphatic carbocycles. The van der Waals surface area contributed by atoms with Crippen molar-refractivity contribution in [1.29, 1.82) is 0 Å². The number of halogens is 1. The topological polar surface area (TPSA) is 101 Å². The van der Waals surface area contributed by atoms with Crippen LogP contribution in [0.4, 0.5) is 10.1 Å². The molecule has 1 heterocycles. The molecule has 1 aromatic carbocycles. The normalized spacial score (nSPS) is 11.6. The molecule has 2 aromatic rings. The van der Waals surface area contributed by atoms with E-state index in [1.54, 1.807) is 6.07 Å². The number of nitrogen functional groups attached to an aromatic ring is 1. The number of hydrogen-bond acceptors (Lipinski definition) is 4. The Kier molecular flexibility index (Phi) is 3.30. The fraction of sp³-hybridized carbons (Fsp3) is 0.100. The molecule has 96 valence electrons. The molecule has 0 aliphatic heterocycles. The summed E-state index contributed by atoms with van der Waals surface area (Å²) in [6.45, 7) is 0.0691. The van der Waals surface area contributed by atoms with Crippen molar-refractivity contribution < 1.29 is 12.8 Å². The number of hydrogen-bond donors (Lipinski definition) is 3. The third kappa shape index (κ3) is 2.66. The quantitative estimate of drug-likeness (QED) is 0.708. The summed E-state index contributed by atoms with van der Waals surface area (Å²) in [4.78, 5) is -0.0825. The van der Waals surface area contributed by atoms with Gasteiger partial charge in [0.2, 0.25) is 10.0 Å². The van der Waals surface area contributed by atoms with Crippen LogP contribution in [0, 0.1) is 5.82 Å². The first kappa shape index (κ1) is 12.5. The Morgan fingerprint density at radius 2 is 2.17 bits per heavy atom. The van der Waals surface area contributed by atoms with E-state index in [2.05, 4.69) is 14.9 Å². The highest BCUT2D eigenvalue weighted by atomic mass is 32.2. The number of benzene rings is 1. The number of H-pyrrole nitrogens is 1. The van der Waals surface area contributed by atoms with Crippen molar-refractivity contribution in [2.24, 2.45) is 0 Å². The minimum absolute atomic E-state index is 0.0691. The van der Waals surface area contributed by atoms with Crippen LogP contribution in [0.2, 0.25) is 0 Å². The van der Waals surface area contributed by atoms with Crippen molar-refractivity contribution in [2.45, 2.75) is 11.4 Å². The van der Waals surface area contributed by atoms with E-state index in [9.17, 15) is 12.8 Å². The van der Waals surface area contributed by atoms with E-state index in [1.165, 1.54) is 6.20 Å². The van der Waals surface area contributed by atoms with Gasteiger partial charge in [-0.05, 0) is 24.3 Å². The van der Waals surface area contributed by atoms with Gasteiger partial charge < -0.3 is 5.73 Å². The second-order valence-electron chi connectivity index (χ2n) is 3.59. The molecule has 0 radical (unpaired) electrons. The summed E-state index contributed by atoms with van der Waals surface area (Å²) in [7, 11) is -3.72. The number of rotatable bonds is 4. The van der Waals surface area contributed by atoms with Crippen LogP contribution in [0.3, 0.4) is 0 Å². The monoisotopic (exact) mass is 270 g/mol. The van der Waals surface area contributed by atoms with Gasteiger partial charge in [0.15, 0.2) is 0 Å². The van der Waals surface area contributed by atoms with Gasteiger partial charge in [-0.25, -0.2) is 17.5 Å². The second-order valence-corrected chi connectivity index (χ2v) is 5.36. The zero-order valence-electron chi connectivity index (χ0n) is 9.22. The zero-order valence-corrected chi connectivity index (χ0v) is 10.0. The van der Waals surface area contributed by atoms with Gasteiger partial charge in [-0.3, -0.25) is 5.10 Å². The molecule has 0 aliphatic rings. The first-order valence-corrected chi connectivity index (χ1v) is 6.50. The summed E-state index contributed by atoms with van der Waals surface area (Å²) >= 11 is 0. The SMILES string of the molecule is Nc1cc(S(=O)(=O)NCc2ccn[nH]2)ccc1F. The van der Waals surface area contributed by atoms with Crippen LogP contribution in [0.5, 0.6) is 0 Å². The van der Waals surface area contributed by atoms with Crippen molar-refractivity contribution >= 4 is 15.7 Å². The minimum Gasteiger partial charge on any atom is -0.396 e. The number of aromatic amines is 1. The van der Waals surface area contributed by atoms with E-state index in [4.69, 9.17) is 5.73 Å². The van der Waals surface area contributed by atoms with Gasteiger partial charge in [-0.2, -0.15) is 5.10 Å². The maximum atomic E-state index is 12.9. The van der Waals surface area contributed by atoms with Crippen LogP contribution in [0.15, 0.2) is 35.4 Å². The first-order chi connectivity index (χ1) is 8.49. The number of nitrogens with zero attached hydrogens (tertiary/aromatic N) is 1. The molecule has 0 spiro atoms. The predicted molar refractivity (Wildman–Crippen MR) is 63.4 cm³/mol. The zero-order chi connectivity index (χ0) is 13.2. The standard InChI is InChI=1S/C10H11FN4O2S/c11-9-2-1-8(5-10(9)12)18(16,17)14-6-7-3-4-13-15-7/h1-5,14H,6,12H2,(H,13,15). The summed E-state index contributed by atoms with van der Waals surface area (Å²) < 4.78 is 39.0. The lowest BCUT2D eigenvalue weighted by molar-refractivity contribution is 0.579. The number of nitrogens with two attached hydrogens (primary N) is 1. The molecule has 18 heavy (non-hydrogen) atoms. The van der Waals surface area contributed by atoms with E-state index < -0.39 is 15.8 Å². The Balaban J connectivity index is 2.17. The van der Waals surface area contributed by atoms with Crippen LogP contribution < -0.4 is 10.5 Å². The van der Waals surface area contributed by atoms with Gasteiger partial charge in [-0.15, -0.1) is 0 Å². The number of sulfonamides is 1. The second kappa shape index (κ2) is 4.75. The summed E-state index contributed by atoms with van der Waals surface area (Å²) in [6, 6.07) is 4.88. The molecule has 0 fully saturated rings. The molecule has 0 saturated carbocycles. The molecule has 0 atom stereocenters. The van der Waals surface area contributed by atoms with Crippen molar-refractivity contribution in [3.63, 3.8) is 0 Å². The smallest absolute Gasteiger partial charge is 0.240 e. The fourth-order valence-electron chi connectivity index (χ4n) is 1.33. The summed E-state index contributed by atoms with van der Waals surface area (Å²) in [5, 5.41) is 6.31. The van der Waals surface area contributed by atoms with E-state index in [1.807, 2.05) is 0 Å². The molecular formula is C10H11FN4O2S. The number of nitrogens with one attached hydrogen (secondary N) is 2.